The van der Waals surface area contributed by atoms with Gasteiger partial charge >= 0.3 is 0 Å². The number of aliphatic hydroxyl groups excluding tert-OH is 2. The van der Waals surface area contributed by atoms with Gasteiger partial charge in [0.25, 0.3) is 0 Å². The van der Waals surface area contributed by atoms with Gasteiger partial charge in [-0.2, -0.15) is 0 Å². The maximum atomic E-state index is 13.8. The van der Waals surface area contributed by atoms with Crippen molar-refractivity contribution in [2.24, 2.45) is 11.1 Å². The summed E-state index contributed by atoms with van der Waals surface area (Å²) in [6.07, 6.45) is -0.784. The number of hydrogen-bond acceptors (Lipinski definition) is 9. The number of aromatic nitrogens is 3. The number of piperidine rings is 1. The Bertz CT molecular complexity index is 1190. The Labute approximate surface area is 215 Å². The summed E-state index contributed by atoms with van der Waals surface area (Å²) in [5.74, 6) is -4.36. The van der Waals surface area contributed by atoms with E-state index in [2.05, 4.69) is 20.8 Å². The molecule has 2 saturated heterocycles. The Morgan fingerprint density at radius 1 is 1.21 bits per heavy atom. The van der Waals surface area contributed by atoms with E-state index in [-0.39, 0.29) is 29.2 Å². The standard InChI is InChI=1S/C24H28F3N5O6/c1-36-24-18(8-13-7-16(30-38-13)11-2-3-28-20(34)6-11)37-19(10-33)23(35)22(24)32-9-17(29-31-32)12-4-14(25)21(27)15(26)5-12/h4-5,9,11,13,18-19,22-24,33,35H,2-3,6-8,10H2,1H3,(H,28,34)/t11?,13?,18-,19-,22+,23+,24+/m1/s1. The van der Waals surface area contributed by atoms with Gasteiger partial charge in [-0.15, -0.1) is 5.10 Å². The number of methoxy groups -OCH3 is 1. The van der Waals surface area contributed by atoms with Crippen LogP contribution >= 0.6 is 0 Å². The topological polar surface area (TPSA) is 140 Å². The first-order chi connectivity index (χ1) is 18.3. The number of aliphatic hydroxyl groups is 2. The summed E-state index contributed by atoms with van der Waals surface area (Å²) in [4.78, 5) is 17.4. The first-order valence-corrected chi connectivity index (χ1v) is 12.3. The zero-order valence-electron chi connectivity index (χ0n) is 20.5. The monoisotopic (exact) mass is 539 g/mol. The lowest BCUT2D eigenvalue weighted by molar-refractivity contribution is -0.219. The molecular weight excluding hydrogens is 511 g/mol. The molecule has 1 aromatic carbocycles. The molecule has 3 aliphatic heterocycles. The number of carbonyl (C=O) groups is 1. The molecule has 0 spiro atoms. The van der Waals surface area contributed by atoms with Crippen LogP contribution in [-0.4, -0.2) is 87.6 Å². The van der Waals surface area contributed by atoms with Crippen LogP contribution in [0.2, 0.25) is 0 Å². The van der Waals surface area contributed by atoms with E-state index < -0.39 is 54.5 Å². The van der Waals surface area contributed by atoms with Crippen molar-refractivity contribution in [2.45, 2.75) is 62.2 Å². The molecule has 1 amide bonds. The van der Waals surface area contributed by atoms with Crippen LogP contribution in [0.4, 0.5) is 13.2 Å². The summed E-state index contributed by atoms with van der Waals surface area (Å²) in [6, 6.07) is 0.701. The molecule has 11 nitrogen and oxygen atoms in total. The molecule has 3 N–H and O–H groups in total. The van der Waals surface area contributed by atoms with Crippen molar-refractivity contribution in [2.75, 3.05) is 20.3 Å². The fourth-order valence-electron chi connectivity index (χ4n) is 5.36. The Balaban J connectivity index is 1.34. The minimum Gasteiger partial charge on any atom is -0.394 e. The molecule has 14 heteroatoms. The van der Waals surface area contributed by atoms with E-state index >= 15 is 0 Å². The van der Waals surface area contributed by atoms with E-state index in [1.54, 1.807) is 0 Å². The van der Waals surface area contributed by atoms with Gasteiger partial charge in [0.2, 0.25) is 5.91 Å². The van der Waals surface area contributed by atoms with E-state index in [1.807, 2.05) is 0 Å². The van der Waals surface area contributed by atoms with Crippen molar-refractivity contribution >= 4 is 11.6 Å². The number of nitrogens with one attached hydrogen (secondary N) is 1. The average molecular weight is 540 g/mol. The van der Waals surface area contributed by atoms with E-state index in [0.29, 0.717) is 25.8 Å². The largest absolute Gasteiger partial charge is 0.394 e. The summed E-state index contributed by atoms with van der Waals surface area (Å²) in [5.41, 5.74) is 0.811. The average Bonchev–Trinajstić information content (AvgIpc) is 3.58. The molecule has 2 aromatic rings. The van der Waals surface area contributed by atoms with Gasteiger partial charge in [-0.1, -0.05) is 10.4 Å². The number of amides is 1. The molecule has 0 radical (unpaired) electrons. The lowest BCUT2D eigenvalue weighted by Crippen LogP contribution is -2.57. The lowest BCUT2D eigenvalue weighted by atomic mass is 9.86. The van der Waals surface area contributed by atoms with Crippen LogP contribution in [0.15, 0.2) is 23.5 Å². The Morgan fingerprint density at radius 3 is 2.66 bits per heavy atom. The number of ether oxygens (including phenoxy) is 2. The Morgan fingerprint density at radius 2 is 1.97 bits per heavy atom. The number of halogens is 3. The van der Waals surface area contributed by atoms with Crippen LogP contribution in [0.5, 0.6) is 0 Å². The van der Waals surface area contributed by atoms with Crippen LogP contribution in [0.1, 0.15) is 31.7 Å². The third-order valence-electron chi connectivity index (χ3n) is 7.30. The fraction of sp³-hybridized carbons (Fsp3) is 0.583. The number of hydrogen-bond donors (Lipinski definition) is 3. The number of nitrogens with zero attached hydrogens (tertiary/aromatic N) is 4. The highest BCUT2D eigenvalue weighted by molar-refractivity contribution is 5.92. The molecule has 7 atom stereocenters. The Hall–Kier alpha value is -3.07. The van der Waals surface area contributed by atoms with Gasteiger partial charge in [0, 0.05) is 44.4 Å². The summed E-state index contributed by atoms with van der Waals surface area (Å²) >= 11 is 0. The van der Waals surface area contributed by atoms with E-state index in [0.717, 1.165) is 24.3 Å². The normalized spacial score (nSPS) is 31.6. The zero-order chi connectivity index (χ0) is 27.0. The molecule has 0 saturated carbocycles. The van der Waals surface area contributed by atoms with Gasteiger partial charge < -0.3 is 29.8 Å². The predicted octanol–water partition coefficient (Wildman–Crippen LogP) is 1.10. The zero-order valence-corrected chi connectivity index (χ0v) is 20.5. The third kappa shape index (κ3) is 5.13. The number of oxime groups is 1. The highest BCUT2D eigenvalue weighted by Crippen LogP contribution is 2.36. The van der Waals surface area contributed by atoms with Crippen LogP contribution in [0.3, 0.4) is 0 Å². The van der Waals surface area contributed by atoms with Gasteiger partial charge in [-0.25, -0.2) is 17.9 Å². The van der Waals surface area contributed by atoms with E-state index in [9.17, 15) is 28.2 Å². The summed E-state index contributed by atoms with van der Waals surface area (Å²) in [5, 5.41) is 35.8. The van der Waals surface area contributed by atoms with Crippen molar-refractivity contribution < 1.29 is 42.5 Å². The minimum absolute atomic E-state index is 0.00807. The minimum atomic E-state index is -1.60. The molecule has 2 fully saturated rings. The fourth-order valence-corrected chi connectivity index (χ4v) is 5.36. The van der Waals surface area contributed by atoms with Crippen molar-refractivity contribution in [1.82, 2.24) is 20.3 Å². The second-order valence-corrected chi connectivity index (χ2v) is 9.70. The lowest BCUT2D eigenvalue weighted by Gasteiger charge is -2.44. The van der Waals surface area contributed by atoms with Crippen LogP contribution in [0, 0.1) is 23.4 Å². The number of carbonyl (C=O) groups excluding carboxylic acids is 1. The van der Waals surface area contributed by atoms with E-state index in [4.69, 9.17) is 14.3 Å². The molecule has 0 aliphatic carbocycles. The summed E-state index contributed by atoms with van der Waals surface area (Å²) in [7, 11) is 1.43. The molecule has 3 aliphatic rings. The molecule has 206 valence electrons. The SMILES string of the molecule is CO[C@@H]1[C@@H](n2cc(-c3cc(F)c(F)c(F)c3)nn2)[C@@H](O)[C@@H](CO)O[C@@H]1CC1CC(C2CCNC(=O)C2)=NO1. The van der Waals surface area contributed by atoms with Gasteiger partial charge in [0.1, 0.15) is 36.2 Å². The highest BCUT2D eigenvalue weighted by Gasteiger charge is 2.48. The first kappa shape index (κ1) is 26.5. The van der Waals surface area contributed by atoms with Crippen LogP contribution < -0.4 is 5.32 Å². The molecule has 5 rings (SSSR count). The molecule has 1 aromatic heterocycles. The van der Waals surface area contributed by atoms with Crippen molar-refractivity contribution in [3.05, 3.63) is 35.8 Å². The van der Waals surface area contributed by atoms with Crippen molar-refractivity contribution in [1.29, 1.82) is 0 Å². The van der Waals surface area contributed by atoms with Crippen LogP contribution in [0.25, 0.3) is 11.3 Å². The maximum Gasteiger partial charge on any atom is 0.220 e. The smallest absolute Gasteiger partial charge is 0.220 e. The second kappa shape index (κ2) is 11.0. The molecular formula is C24H28F3N5O6. The quantitative estimate of drug-likeness (QED) is 0.445. The van der Waals surface area contributed by atoms with Gasteiger partial charge in [-0.05, 0) is 18.6 Å². The van der Waals surface area contributed by atoms with Gasteiger partial charge in [0.05, 0.1) is 24.6 Å². The van der Waals surface area contributed by atoms with Crippen LogP contribution in [-0.2, 0) is 19.1 Å². The molecule has 4 heterocycles. The molecule has 38 heavy (non-hydrogen) atoms. The number of benzene rings is 1. The molecule has 2 unspecified atom stereocenters. The second-order valence-electron chi connectivity index (χ2n) is 9.70. The summed E-state index contributed by atoms with van der Waals surface area (Å²) in [6.45, 7) is 0.0878. The maximum absolute atomic E-state index is 13.8. The predicted molar refractivity (Wildman–Crippen MR) is 124 cm³/mol. The third-order valence-corrected chi connectivity index (χ3v) is 7.30. The van der Waals surface area contributed by atoms with Gasteiger partial charge in [-0.3, -0.25) is 4.79 Å². The summed E-state index contributed by atoms with van der Waals surface area (Å²) < 4.78 is 53.9. The molecule has 0 bridgehead atoms. The first-order valence-electron chi connectivity index (χ1n) is 12.3. The van der Waals surface area contributed by atoms with Gasteiger partial charge in [0.15, 0.2) is 17.5 Å². The Kier molecular flexibility index (Phi) is 7.66. The number of rotatable bonds is 7. The highest BCUT2D eigenvalue weighted by atomic mass is 19.2. The van der Waals surface area contributed by atoms with Crippen molar-refractivity contribution in [3.63, 3.8) is 0 Å². The van der Waals surface area contributed by atoms with E-state index in [1.165, 1.54) is 18.0 Å². The van der Waals surface area contributed by atoms with Crippen molar-refractivity contribution in [3.8, 4) is 11.3 Å².